The number of carbonyl (C=O) groups excluding carboxylic acids is 4. The molecule has 0 fully saturated rings. The Kier molecular flexibility index (Phi) is 32.8. The Labute approximate surface area is 824 Å². The molecule has 0 saturated carbocycles. The number of aryl methyl sites for hydroxylation is 4. The van der Waals surface area contributed by atoms with E-state index >= 15 is 9.59 Å². The van der Waals surface area contributed by atoms with Gasteiger partial charge < -0.3 is 56.8 Å². The van der Waals surface area contributed by atoms with Gasteiger partial charge in [0.05, 0.1) is 22.7 Å². The molecule has 8 bridgehead atoms. The zero-order chi connectivity index (χ0) is 96.4. The molecule has 11 heterocycles. The molecule has 16 nitrogen and oxygen atoms in total. The molecule has 0 N–H and O–H groups in total. The van der Waals surface area contributed by atoms with Gasteiger partial charge in [-0.1, -0.05) is 330 Å². The van der Waals surface area contributed by atoms with Gasteiger partial charge >= 0.3 is 23.9 Å². The van der Waals surface area contributed by atoms with Crippen molar-refractivity contribution in [2.24, 2.45) is 23.7 Å². The molecule has 12 aromatic carbocycles. The van der Waals surface area contributed by atoms with E-state index < -0.39 is 46.2 Å². The Morgan fingerprint density at radius 3 is 0.664 bits per heavy atom. The molecule has 140 heavy (non-hydrogen) atoms. The normalized spacial score (nSPS) is 20.5. The summed E-state index contributed by atoms with van der Waals surface area (Å²) in [5, 5.41) is 0. The molecule has 23 rings (SSSR count). The lowest BCUT2D eigenvalue weighted by Gasteiger charge is -2.37. The van der Waals surface area contributed by atoms with Crippen molar-refractivity contribution in [1.82, 2.24) is 0 Å². The highest BCUT2D eigenvalue weighted by Crippen LogP contribution is 2.58. The van der Waals surface area contributed by atoms with Crippen molar-refractivity contribution in [3.05, 3.63) is 452 Å². The first-order valence-corrected chi connectivity index (χ1v) is 50.3. The first-order valence-electron chi connectivity index (χ1n) is 50.3. The van der Waals surface area contributed by atoms with Crippen LogP contribution in [0.1, 0.15) is 197 Å². The molecule has 16 heteroatoms. The third-order valence-electron chi connectivity index (χ3n) is 28.4. The van der Waals surface area contributed by atoms with Crippen molar-refractivity contribution < 1.29 is 76.0 Å². The molecule has 0 amide bonds. The summed E-state index contributed by atoms with van der Waals surface area (Å²) in [6, 6.07) is 114. The number of ether oxygens (including phenoxy) is 12. The van der Waals surface area contributed by atoms with Gasteiger partial charge in [-0.2, -0.15) is 0 Å². The van der Waals surface area contributed by atoms with E-state index in [9.17, 15) is 9.59 Å². The SMILES string of the molecule is CC1=C2C(=O)OCCOc3ccc(cc3)OCCOC(=O)C3C(=C(C)OC3(c3ccccc3)c3ccccc3)CCCCCc3ccc(cc3)CCCCCC3=C(C)OC(c4ccccc4)(c4ccccc4)C3C(=O)OCCOc3ccc(cc3)OCCOC(=O)C3=C(C)OC(c4ccccc4)(c4ccccc4)C3CCCCCc3ccc(cc3)CCCCCC2C(c2ccccc2)(c2ccccc2)O1. The maximum Gasteiger partial charge on any atom is 0.338 e. The smallest absolute Gasteiger partial charge is 0.338 e. The van der Waals surface area contributed by atoms with E-state index in [4.69, 9.17) is 56.8 Å². The molecule has 0 aromatic heterocycles. The highest BCUT2D eigenvalue weighted by Gasteiger charge is 2.59. The Bertz CT molecular complexity index is 5650. The quantitative estimate of drug-likeness (QED) is 0.103. The van der Waals surface area contributed by atoms with E-state index in [1.54, 1.807) is 0 Å². The number of allylic oxidation sites excluding steroid dienone is 4. The van der Waals surface area contributed by atoms with Gasteiger partial charge in [0.1, 0.15) is 99.2 Å². The molecule has 0 radical (unpaired) electrons. The second-order valence-corrected chi connectivity index (χ2v) is 37.2. The third kappa shape index (κ3) is 22.3. The lowest BCUT2D eigenvalue weighted by molar-refractivity contribution is -0.154. The maximum atomic E-state index is 15.1. The average molecular weight is 1870 g/mol. The van der Waals surface area contributed by atoms with E-state index in [-0.39, 0.29) is 76.6 Å². The molecule has 11 aliphatic heterocycles. The molecular formula is C124H128O16. The van der Waals surface area contributed by atoms with Gasteiger partial charge in [-0.05, 0) is 200 Å². The van der Waals surface area contributed by atoms with Crippen LogP contribution >= 0.6 is 0 Å². The van der Waals surface area contributed by atoms with Gasteiger partial charge in [-0.3, -0.25) is 9.59 Å². The van der Waals surface area contributed by atoms with Crippen LogP contribution in [0.4, 0.5) is 0 Å². The molecule has 11 aliphatic rings. The highest BCUT2D eigenvalue weighted by molar-refractivity contribution is 5.92. The van der Waals surface area contributed by atoms with Crippen LogP contribution in [-0.4, -0.2) is 76.7 Å². The molecule has 0 saturated heterocycles. The Morgan fingerprint density at radius 2 is 0.414 bits per heavy atom. The second kappa shape index (κ2) is 47.0. The Morgan fingerprint density at radius 1 is 0.207 bits per heavy atom. The molecule has 720 valence electrons. The molecule has 4 atom stereocenters. The topological polar surface area (TPSA) is 179 Å². The zero-order valence-electron chi connectivity index (χ0n) is 81.0. The van der Waals surface area contributed by atoms with Gasteiger partial charge in [0.25, 0.3) is 0 Å². The van der Waals surface area contributed by atoms with E-state index in [1.807, 2.05) is 270 Å². The first kappa shape index (κ1) is 97.5. The molecule has 12 aromatic rings. The maximum absolute atomic E-state index is 15.1. The summed E-state index contributed by atoms with van der Waals surface area (Å²) >= 11 is 0. The van der Waals surface area contributed by atoms with Gasteiger partial charge in [-0.15, -0.1) is 0 Å². The van der Waals surface area contributed by atoms with E-state index in [1.165, 1.54) is 22.3 Å². The molecular weight excluding hydrogens is 1750 g/mol. The first-order chi connectivity index (χ1) is 68.7. The fraction of sp³-hybridized carbons (Fsp3) is 0.323. The lowest BCUT2D eigenvalue weighted by Crippen LogP contribution is -2.41. The van der Waals surface area contributed by atoms with Crippen LogP contribution in [0.3, 0.4) is 0 Å². The summed E-state index contributed by atoms with van der Waals surface area (Å²) < 4.78 is 78.1. The standard InChI is InChI=1S/C124H128O16/c1-89-109-61-37-5-17-41-93-65-67-94(68-66-93)42-18-6-38-62-110-90(2)138-124(103-57-33-15-34-58-103,104-59-35-16-36-60-104)116(110)120(128)136-88-84-132-108-79-75-106(76-80-108)130-82-86-134-118(126)114-92(4)140-122(99-49-25-11-26-50-99,100-51-27-12-28-52-100)112(114)64-40-8-20-44-96-71-69-95(70-72-96)43-19-7-39-63-111-113(91(3)139-121(111,97-45-21-9-22-46-97)98-47-23-10-24-48-98)117(125)133-85-81-129-105-73-77-107(78-74-105)131-83-87-135-119(127)115(109)123(137-89,101-53-29-13-30-54-101)102-55-31-14-32-56-102/h9-16,21-36,45-60,65-80,111-112,115-116H,5-8,17-20,37-44,61-64,81-88H2,1-4H3. The fourth-order valence-corrected chi connectivity index (χ4v) is 21.8. The number of benzene rings is 12. The van der Waals surface area contributed by atoms with Gasteiger partial charge in [0.15, 0.2) is 22.4 Å². The number of carbonyl (C=O) groups is 4. The van der Waals surface area contributed by atoms with Crippen LogP contribution in [0.25, 0.3) is 0 Å². The van der Waals surface area contributed by atoms with Crippen LogP contribution < -0.4 is 18.9 Å². The van der Waals surface area contributed by atoms with Crippen molar-refractivity contribution in [3.63, 3.8) is 0 Å². The molecule has 4 unspecified atom stereocenters. The average Bonchev–Trinajstić information content (AvgIpc) is 1.57. The minimum Gasteiger partial charge on any atom is -0.490 e. The Hall–Kier alpha value is -14.1. The minimum atomic E-state index is -1.16. The third-order valence-corrected chi connectivity index (χ3v) is 28.4. The zero-order valence-corrected chi connectivity index (χ0v) is 81.0. The van der Waals surface area contributed by atoms with Crippen molar-refractivity contribution in [3.8, 4) is 23.0 Å². The van der Waals surface area contributed by atoms with Crippen LogP contribution in [0, 0.1) is 23.7 Å². The number of esters is 4. The number of hydrogen-bond acceptors (Lipinski definition) is 16. The van der Waals surface area contributed by atoms with Crippen LogP contribution in [0.15, 0.2) is 385 Å². The van der Waals surface area contributed by atoms with Gasteiger partial charge in [0, 0.05) is 56.3 Å². The van der Waals surface area contributed by atoms with E-state index in [0.717, 1.165) is 170 Å². The van der Waals surface area contributed by atoms with Crippen LogP contribution in [-0.2, 0) is 105 Å². The molecule has 0 aliphatic carbocycles. The van der Waals surface area contributed by atoms with Crippen LogP contribution in [0.2, 0.25) is 0 Å². The number of rotatable bonds is 8. The van der Waals surface area contributed by atoms with Crippen molar-refractivity contribution in [2.75, 3.05) is 52.9 Å². The van der Waals surface area contributed by atoms with E-state index in [2.05, 4.69) is 97.1 Å². The fourth-order valence-electron chi connectivity index (χ4n) is 21.8. The second-order valence-electron chi connectivity index (χ2n) is 37.2. The summed E-state index contributed by atoms with van der Waals surface area (Å²) in [7, 11) is 0. The summed E-state index contributed by atoms with van der Waals surface area (Å²) in [6.45, 7) is 8.18. The predicted molar refractivity (Wildman–Crippen MR) is 544 cm³/mol. The lowest BCUT2D eigenvalue weighted by atomic mass is 9.72. The molecule has 0 spiro atoms. The summed E-state index contributed by atoms with van der Waals surface area (Å²) in [6.07, 6.45) is 17.4. The Balaban J connectivity index is 0.567. The largest absolute Gasteiger partial charge is 0.490 e. The van der Waals surface area contributed by atoms with E-state index in [0.29, 0.717) is 71.3 Å². The summed E-state index contributed by atoms with van der Waals surface area (Å²) in [5.74, 6) is 0.980. The highest BCUT2D eigenvalue weighted by atomic mass is 16.6. The van der Waals surface area contributed by atoms with Crippen LogP contribution in [0.5, 0.6) is 23.0 Å². The van der Waals surface area contributed by atoms with Crippen molar-refractivity contribution in [1.29, 1.82) is 0 Å². The monoisotopic (exact) mass is 1870 g/mol. The predicted octanol–water partition coefficient (Wildman–Crippen LogP) is 26.4. The number of hydrogen-bond donors (Lipinski definition) is 0. The van der Waals surface area contributed by atoms with Crippen molar-refractivity contribution >= 4 is 23.9 Å². The minimum absolute atomic E-state index is 0.00258. The van der Waals surface area contributed by atoms with Gasteiger partial charge in [-0.25, -0.2) is 9.59 Å². The summed E-state index contributed by atoms with van der Waals surface area (Å²) in [4.78, 5) is 59.6. The van der Waals surface area contributed by atoms with Crippen molar-refractivity contribution in [2.45, 2.75) is 179 Å². The summed E-state index contributed by atoms with van der Waals surface area (Å²) in [5.41, 5.74) is 11.1. The van der Waals surface area contributed by atoms with Gasteiger partial charge in [0.2, 0.25) is 0 Å².